The van der Waals surface area contributed by atoms with Crippen LogP contribution in [0.15, 0.2) is 40.8 Å². The first-order valence-corrected chi connectivity index (χ1v) is 9.21. The molecular formula is C21H25NO4. The lowest BCUT2D eigenvalue weighted by molar-refractivity contribution is -0.199. The molecule has 138 valence electrons. The maximum Gasteiger partial charge on any atom is 0.257 e. The number of piperidine rings is 1. The van der Waals surface area contributed by atoms with Gasteiger partial charge in [0.2, 0.25) is 0 Å². The number of carbonyl (C=O) groups excluding carboxylic acids is 1. The summed E-state index contributed by atoms with van der Waals surface area (Å²) in [7, 11) is 1.70. The van der Waals surface area contributed by atoms with Crippen molar-refractivity contribution in [1.29, 1.82) is 0 Å². The van der Waals surface area contributed by atoms with Gasteiger partial charge in [-0.3, -0.25) is 4.79 Å². The van der Waals surface area contributed by atoms with Crippen LogP contribution in [0.2, 0.25) is 0 Å². The van der Waals surface area contributed by atoms with E-state index in [0.717, 1.165) is 24.2 Å². The fourth-order valence-corrected chi connectivity index (χ4v) is 4.49. The second kappa shape index (κ2) is 6.56. The van der Waals surface area contributed by atoms with Gasteiger partial charge in [0.25, 0.3) is 5.91 Å². The van der Waals surface area contributed by atoms with Crippen LogP contribution in [0.3, 0.4) is 0 Å². The topological polar surface area (TPSA) is 62.9 Å². The van der Waals surface area contributed by atoms with Crippen molar-refractivity contribution in [2.45, 2.75) is 38.4 Å². The molecule has 26 heavy (non-hydrogen) atoms. The first-order chi connectivity index (χ1) is 12.5. The highest BCUT2D eigenvalue weighted by Gasteiger charge is 2.56. The molecule has 1 aromatic heterocycles. The number of rotatable bonds is 3. The number of hydrogen-bond donors (Lipinski definition) is 1. The normalized spacial score (nSPS) is 24.5. The molecule has 0 bridgehead atoms. The van der Waals surface area contributed by atoms with Crippen molar-refractivity contribution in [3.05, 3.63) is 47.7 Å². The number of aliphatic hydroxyl groups excluding tert-OH is 1. The predicted molar refractivity (Wildman–Crippen MR) is 97.9 cm³/mol. The Morgan fingerprint density at radius 3 is 2.58 bits per heavy atom. The van der Waals surface area contributed by atoms with E-state index in [0.29, 0.717) is 30.8 Å². The Labute approximate surface area is 153 Å². The molecule has 2 heterocycles. The van der Waals surface area contributed by atoms with Crippen molar-refractivity contribution in [3.63, 3.8) is 0 Å². The molecule has 1 aliphatic heterocycles. The molecule has 5 heteroatoms. The van der Waals surface area contributed by atoms with Gasteiger partial charge < -0.3 is 19.2 Å². The van der Waals surface area contributed by atoms with Gasteiger partial charge in [-0.1, -0.05) is 30.3 Å². The van der Waals surface area contributed by atoms with Crippen LogP contribution < -0.4 is 0 Å². The molecule has 0 unspecified atom stereocenters. The van der Waals surface area contributed by atoms with Crippen LogP contribution in [0.25, 0.3) is 11.3 Å². The van der Waals surface area contributed by atoms with Crippen LogP contribution in [0.5, 0.6) is 0 Å². The molecule has 1 spiro atoms. The van der Waals surface area contributed by atoms with Crippen molar-refractivity contribution in [2.75, 3.05) is 20.2 Å². The highest BCUT2D eigenvalue weighted by Crippen LogP contribution is 2.50. The van der Waals surface area contributed by atoms with E-state index in [1.165, 1.54) is 0 Å². The van der Waals surface area contributed by atoms with Crippen LogP contribution >= 0.6 is 0 Å². The minimum absolute atomic E-state index is 0.00154. The first kappa shape index (κ1) is 17.3. The highest BCUT2D eigenvalue weighted by atomic mass is 16.5. The number of nitrogens with zero attached hydrogens (tertiary/aromatic N) is 1. The lowest BCUT2D eigenvalue weighted by Gasteiger charge is -2.56. The maximum atomic E-state index is 13.1. The molecule has 2 atom stereocenters. The minimum Gasteiger partial charge on any atom is -0.461 e. The van der Waals surface area contributed by atoms with Gasteiger partial charge in [0.05, 0.1) is 17.8 Å². The predicted octanol–water partition coefficient (Wildman–Crippen LogP) is 3.26. The Hall–Kier alpha value is -2.11. The molecule has 1 saturated heterocycles. The SMILES string of the molecule is CO[C@@H]1C[C@H](O)C12CCN(C(=O)c1cc(C)oc1-c1ccccc1)CC2. The summed E-state index contributed by atoms with van der Waals surface area (Å²) in [4.78, 5) is 15.0. The zero-order valence-electron chi connectivity index (χ0n) is 15.3. The van der Waals surface area contributed by atoms with Crippen molar-refractivity contribution in [1.82, 2.24) is 4.90 Å². The minimum atomic E-state index is -0.319. The molecule has 4 rings (SSSR count). The molecule has 1 amide bonds. The maximum absolute atomic E-state index is 13.1. The van der Waals surface area contributed by atoms with Gasteiger partial charge in [0.15, 0.2) is 0 Å². The third-order valence-corrected chi connectivity index (χ3v) is 6.13. The zero-order valence-corrected chi connectivity index (χ0v) is 15.3. The Bertz CT molecular complexity index is 790. The highest BCUT2D eigenvalue weighted by molar-refractivity contribution is 6.00. The van der Waals surface area contributed by atoms with Crippen LogP contribution in [0, 0.1) is 12.3 Å². The van der Waals surface area contributed by atoms with Crippen LogP contribution in [-0.2, 0) is 4.74 Å². The molecule has 1 saturated carbocycles. The summed E-state index contributed by atoms with van der Waals surface area (Å²) in [6.45, 7) is 3.13. The van der Waals surface area contributed by atoms with Gasteiger partial charge in [-0.15, -0.1) is 0 Å². The molecule has 5 nitrogen and oxygen atoms in total. The van der Waals surface area contributed by atoms with E-state index in [9.17, 15) is 9.90 Å². The van der Waals surface area contributed by atoms with Gasteiger partial charge in [-0.05, 0) is 25.8 Å². The Morgan fingerprint density at radius 1 is 1.27 bits per heavy atom. The number of benzene rings is 1. The van der Waals surface area contributed by atoms with Crippen molar-refractivity contribution >= 4 is 5.91 Å². The van der Waals surface area contributed by atoms with Crippen LogP contribution in [0.1, 0.15) is 35.4 Å². The molecule has 2 aliphatic rings. The summed E-state index contributed by atoms with van der Waals surface area (Å²) in [5.41, 5.74) is 1.34. The molecule has 2 fully saturated rings. The van der Waals surface area contributed by atoms with Crippen LogP contribution in [-0.4, -0.2) is 48.3 Å². The van der Waals surface area contributed by atoms with Gasteiger partial charge in [0.1, 0.15) is 11.5 Å². The number of carbonyl (C=O) groups is 1. The molecule has 0 radical (unpaired) electrons. The summed E-state index contributed by atoms with van der Waals surface area (Å²) in [5.74, 6) is 1.36. The lowest BCUT2D eigenvalue weighted by atomic mass is 9.58. The van der Waals surface area contributed by atoms with Crippen molar-refractivity contribution in [2.24, 2.45) is 5.41 Å². The largest absolute Gasteiger partial charge is 0.461 e. The summed E-state index contributed by atoms with van der Waals surface area (Å²) in [6, 6.07) is 11.6. The number of likely N-dealkylation sites (tertiary alicyclic amines) is 1. The smallest absolute Gasteiger partial charge is 0.257 e. The Balaban J connectivity index is 1.53. The Kier molecular flexibility index (Phi) is 4.37. The lowest BCUT2D eigenvalue weighted by Crippen LogP contribution is -2.62. The third kappa shape index (κ3) is 2.66. The van der Waals surface area contributed by atoms with Crippen molar-refractivity contribution < 1.29 is 19.1 Å². The summed E-state index contributed by atoms with van der Waals surface area (Å²) in [6.07, 6.45) is 2.03. The number of ether oxygens (including phenoxy) is 1. The second-order valence-electron chi connectivity index (χ2n) is 7.47. The van der Waals surface area contributed by atoms with Gasteiger partial charge in [-0.2, -0.15) is 0 Å². The van der Waals surface area contributed by atoms with E-state index < -0.39 is 0 Å². The number of furan rings is 1. The number of hydrogen-bond acceptors (Lipinski definition) is 4. The number of aliphatic hydroxyl groups is 1. The third-order valence-electron chi connectivity index (χ3n) is 6.13. The van der Waals surface area contributed by atoms with E-state index in [-0.39, 0.29) is 23.5 Å². The van der Waals surface area contributed by atoms with E-state index in [1.807, 2.05) is 48.2 Å². The fourth-order valence-electron chi connectivity index (χ4n) is 4.49. The summed E-state index contributed by atoms with van der Waals surface area (Å²) < 4.78 is 11.4. The van der Waals surface area contributed by atoms with Gasteiger partial charge in [0, 0.05) is 37.6 Å². The fraction of sp³-hybridized carbons (Fsp3) is 0.476. The monoisotopic (exact) mass is 355 g/mol. The van der Waals surface area contributed by atoms with E-state index in [2.05, 4.69) is 0 Å². The molecule has 2 aromatic rings. The molecule has 1 aliphatic carbocycles. The van der Waals surface area contributed by atoms with Gasteiger partial charge in [-0.25, -0.2) is 0 Å². The summed E-state index contributed by atoms with van der Waals surface area (Å²) in [5, 5.41) is 10.3. The quantitative estimate of drug-likeness (QED) is 0.918. The second-order valence-corrected chi connectivity index (χ2v) is 7.47. The van der Waals surface area contributed by atoms with E-state index in [4.69, 9.17) is 9.15 Å². The summed E-state index contributed by atoms with van der Waals surface area (Å²) >= 11 is 0. The van der Waals surface area contributed by atoms with E-state index >= 15 is 0 Å². The molecular weight excluding hydrogens is 330 g/mol. The van der Waals surface area contributed by atoms with Crippen LogP contribution in [0.4, 0.5) is 0 Å². The van der Waals surface area contributed by atoms with Gasteiger partial charge >= 0.3 is 0 Å². The zero-order chi connectivity index (χ0) is 18.3. The number of aryl methyl sites for hydroxylation is 1. The Morgan fingerprint density at radius 2 is 1.96 bits per heavy atom. The first-order valence-electron chi connectivity index (χ1n) is 9.21. The molecule has 1 N–H and O–H groups in total. The average Bonchev–Trinajstić information content (AvgIpc) is 3.08. The van der Waals surface area contributed by atoms with E-state index in [1.54, 1.807) is 7.11 Å². The van der Waals surface area contributed by atoms with Crippen molar-refractivity contribution in [3.8, 4) is 11.3 Å². The number of amides is 1. The molecule has 1 aromatic carbocycles. The number of methoxy groups -OCH3 is 1. The standard InChI is InChI=1S/C21H25NO4/c1-14-12-16(19(26-14)15-6-4-3-5-7-15)20(24)22-10-8-21(9-11-22)17(23)13-18(21)25-2/h3-7,12,17-18,23H,8-11,13H2,1-2H3/t17-,18+/m0/s1. The average molecular weight is 355 g/mol.